The Bertz CT molecular complexity index is 549. The quantitative estimate of drug-likeness (QED) is 0.925. The van der Waals surface area contributed by atoms with E-state index in [9.17, 15) is 0 Å². The van der Waals surface area contributed by atoms with Crippen LogP contribution in [0, 0.1) is 13.8 Å². The maximum Gasteiger partial charge on any atom is 0.101 e. The molecule has 1 heterocycles. The Morgan fingerprint density at radius 1 is 1.28 bits per heavy atom. The van der Waals surface area contributed by atoms with Crippen LogP contribution >= 0.6 is 27.7 Å². The van der Waals surface area contributed by atoms with Gasteiger partial charge in [-0.2, -0.15) is 0 Å². The predicted octanol–water partition coefficient (Wildman–Crippen LogP) is 4.07. The van der Waals surface area contributed by atoms with Crippen molar-refractivity contribution in [3.63, 3.8) is 0 Å². The summed E-state index contributed by atoms with van der Waals surface area (Å²) in [6.07, 6.45) is 0. The molecule has 0 bridgehead atoms. The van der Waals surface area contributed by atoms with E-state index in [1.807, 2.05) is 19.1 Å². The summed E-state index contributed by atoms with van der Waals surface area (Å²) in [5.41, 5.74) is 9.20. The first kappa shape index (κ1) is 13.6. The van der Waals surface area contributed by atoms with Crippen LogP contribution in [-0.4, -0.2) is 4.98 Å². The summed E-state index contributed by atoms with van der Waals surface area (Å²) in [5, 5.41) is 1.01. The number of nitrogens with zero attached hydrogens (tertiary/aromatic N) is 1. The van der Waals surface area contributed by atoms with Gasteiger partial charge in [-0.25, -0.2) is 4.98 Å². The summed E-state index contributed by atoms with van der Waals surface area (Å²) in [7, 11) is 0. The van der Waals surface area contributed by atoms with Crippen LogP contribution in [0.5, 0.6) is 0 Å². The van der Waals surface area contributed by atoms with Crippen molar-refractivity contribution in [3.8, 4) is 0 Å². The van der Waals surface area contributed by atoms with Gasteiger partial charge in [0.05, 0.1) is 0 Å². The summed E-state index contributed by atoms with van der Waals surface area (Å²) in [6, 6.07) is 10.3. The van der Waals surface area contributed by atoms with Gasteiger partial charge in [0, 0.05) is 21.6 Å². The molecule has 2 aromatic rings. The van der Waals surface area contributed by atoms with Gasteiger partial charge in [0.2, 0.25) is 0 Å². The monoisotopic (exact) mass is 322 g/mol. The first-order chi connectivity index (χ1) is 8.60. The van der Waals surface area contributed by atoms with E-state index in [2.05, 4.69) is 46.0 Å². The van der Waals surface area contributed by atoms with Crippen LogP contribution in [0.3, 0.4) is 0 Å². The van der Waals surface area contributed by atoms with Gasteiger partial charge in [-0.15, -0.1) is 0 Å². The smallest absolute Gasteiger partial charge is 0.101 e. The molecule has 94 valence electrons. The Balaban J connectivity index is 2.36. The lowest BCUT2D eigenvalue weighted by molar-refractivity contribution is 1.01. The molecule has 0 unspecified atom stereocenters. The summed E-state index contributed by atoms with van der Waals surface area (Å²) < 4.78 is 1.05. The van der Waals surface area contributed by atoms with Crippen LogP contribution < -0.4 is 5.73 Å². The lowest BCUT2D eigenvalue weighted by atomic mass is 10.2. The first-order valence-electron chi connectivity index (χ1n) is 5.70. The highest BCUT2D eigenvalue weighted by Gasteiger charge is 2.08. The molecule has 18 heavy (non-hydrogen) atoms. The van der Waals surface area contributed by atoms with E-state index in [1.165, 1.54) is 5.56 Å². The van der Waals surface area contributed by atoms with Crippen molar-refractivity contribution in [2.45, 2.75) is 30.3 Å². The molecule has 0 saturated heterocycles. The molecule has 0 amide bonds. The lowest BCUT2D eigenvalue weighted by Gasteiger charge is -2.09. The van der Waals surface area contributed by atoms with Crippen LogP contribution in [0.1, 0.15) is 16.8 Å². The molecule has 0 saturated carbocycles. The van der Waals surface area contributed by atoms with Gasteiger partial charge >= 0.3 is 0 Å². The summed E-state index contributed by atoms with van der Waals surface area (Å²) in [5.74, 6) is 0. The van der Waals surface area contributed by atoms with Gasteiger partial charge in [-0.05, 0) is 49.2 Å². The van der Waals surface area contributed by atoms with E-state index in [0.717, 1.165) is 25.7 Å². The molecule has 2 nitrogen and oxygen atoms in total. The molecule has 0 aliphatic rings. The van der Waals surface area contributed by atoms with Crippen molar-refractivity contribution < 1.29 is 0 Å². The van der Waals surface area contributed by atoms with Gasteiger partial charge in [0.1, 0.15) is 5.03 Å². The maximum absolute atomic E-state index is 5.80. The molecule has 1 aromatic heterocycles. The Kier molecular flexibility index (Phi) is 4.43. The second kappa shape index (κ2) is 5.87. The second-order valence-electron chi connectivity index (χ2n) is 4.15. The van der Waals surface area contributed by atoms with Crippen molar-refractivity contribution in [1.82, 2.24) is 4.98 Å². The fourth-order valence-corrected chi connectivity index (χ4v) is 3.58. The van der Waals surface area contributed by atoms with E-state index in [4.69, 9.17) is 5.73 Å². The Morgan fingerprint density at radius 2 is 2.06 bits per heavy atom. The van der Waals surface area contributed by atoms with E-state index < -0.39 is 0 Å². The van der Waals surface area contributed by atoms with Crippen molar-refractivity contribution in [3.05, 3.63) is 51.6 Å². The van der Waals surface area contributed by atoms with Crippen LogP contribution in [0.25, 0.3) is 0 Å². The SMILES string of the molecule is Cc1cc(C)nc(Sc2cccc(Br)c2CN)c1. The topological polar surface area (TPSA) is 38.9 Å². The Labute approximate surface area is 120 Å². The standard InChI is InChI=1S/C14H15BrN2S/c1-9-6-10(2)17-14(7-9)18-13-5-3-4-12(15)11(13)8-16/h3-7H,8,16H2,1-2H3. The average molecular weight is 323 g/mol. The number of hydrogen-bond acceptors (Lipinski definition) is 3. The van der Waals surface area contributed by atoms with E-state index in [0.29, 0.717) is 6.54 Å². The van der Waals surface area contributed by atoms with Crippen LogP contribution in [-0.2, 0) is 6.54 Å². The van der Waals surface area contributed by atoms with Gasteiger partial charge in [-0.3, -0.25) is 0 Å². The van der Waals surface area contributed by atoms with Crippen molar-refractivity contribution in [2.75, 3.05) is 0 Å². The van der Waals surface area contributed by atoms with Crippen molar-refractivity contribution >= 4 is 27.7 Å². The molecule has 0 aliphatic carbocycles. The molecule has 0 radical (unpaired) electrons. The number of aryl methyl sites for hydroxylation is 2. The third-order valence-corrected chi connectivity index (χ3v) is 4.33. The highest BCUT2D eigenvalue weighted by molar-refractivity contribution is 9.10. The third-order valence-electron chi connectivity index (χ3n) is 2.57. The summed E-state index contributed by atoms with van der Waals surface area (Å²) >= 11 is 5.20. The normalized spacial score (nSPS) is 10.7. The van der Waals surface area contributed by atoms with Gasteiger partial charge in [-0.1, -0.05) is 33.8 Å². The molecule has 0 spiro atoms. The number of rotatable bonds is 3. The highest BCUT2D eigenvalue weighted by Crippen LogP contribution is 2.33. The van der Waals surface area contributed by atoms with E-state index in [-0.39, 0.29) is 0 Å². The Hall–Kier alpha value is -0.840. The molecule has 2 N–H and O–H groups in total. The van der Waals surface area contributed by atoms with E-state index in [1.54, 1.807) is 11.8 Å². The third kappa shape index (κ3) is 3.13. The largest absolute Gasteiger partial charge is 0.326 e. The average Bonchev–Trinajstić information content (AvgIpc) is 2.27. The lowest BCUT2D eigenvalue weighted by Crippen LogP contribution is -1.99. The molecule has 0 aliphatic heterocycles. The highest BCUT2D eigenvalue weighted by atomic mass is 79.9. The van der Waals surface area contributed by atoms with Crippen molar-refractivity contribution in [1.29, 1.82) is 0 Å². The molecule has 2 rings (SSSR count). The number of aromatic nitrogens is 1. The van der Waals surface area contributed by atoms with E-state index >= 15 is 0 Å². The maximum atomic E-state index is 5.80. The molecule has 0 atom stereocenters. The molecule has 1 aromatic carbocycles. The van der Waals surface area contributed by atoms with Gasteiger partial charge < -0.3 is 5.73 Å². The minimum absolute atomic E-state index is 0.522. The zero-order valence-corrected chi connectivity index (χ0v) is 12.8. The fourth-order valence-electron chi connectivity index (χ4n) is 1.80. The summed E-state index contributed by atoms with van der Waals surface area (Å²) in [6.45, 7) is 4.62. The van der Waals surface area contributed by atoms with Crippen LogP contribution in [0.15, 0.2) is 44.7 Å². The van der Waals surface area contributed by atoms with Crippen molar-refractivity contribution in [2.24, 2.45) is 5.73 Å². The number of pyridine rings is 1. The van der Waals surface area contributed by atoms with Gasteiger partial charge in [0.25, 0.3) is 0 Å². The fraction of sp³-hybridized carbons (Fsp3) is 0.214. The van der Waals surface area contributed by atoms with Gasteiger partial charge in [0.15, 0.2) is 0 Å². The predicted molar refractivity (Wildman–Crippen MR) is 79.9 cm³/mol. The molecule has 0 fully saturated rings. The minimum Gasteiger partial charge on any atom is -0.326 e. The number of halogens is 1. The van der Waals surface area contributed by atoms with Crippen LogP contribution in [0.2, 0.25) is 0 Å². The first-order valence-corrected chi connectivity index (χ1v) is 7.31. The number of hydrogen-bond donors (Lipinski definition) is 1. The summed E-state index contributed by atoms with van der Waals surface area (Å²) in [4.78, 5) is 5.70. The zero-order valence-electron chi connectivity index (χ0n) is 10.4. The second-order valence-corrected chi connectivity index (χ2v) is 6.06. The number of benzene rings is 1. The Morgan fingerprint density at radius 3 is 2.72 bits per heavy atom. The van der Waals surface area contributed by atoms with Crippen LogP contribution in [0.4, 0.5) is 0 Å². The minimum atomic E-state index is 0.522. The molecule has 4 heteroatoms. The zero-order chi connectivity index (χ0) is 13.1. The number of nitrogens with two attached hydrogens (primary N) is 1. The molecular formula is C14H15BrN2S. The molecular weight excluding hydrogens is 308 g/mol.